The molecular formula is C19H19N5O2S2. The van der Waals surface area contributed by atoms with Crippen molar-refractivity contribution in [2.75, 3.05) is 12.3 Å². The molecule has 9 heteroatoms. The Labute approximate surface area is 170 Å². The Kier molecular flexibility index (Phi) is 6.03. The molecule has 1 amide bonds. The van der Waals surface area contributed by atoms with Gasteiger partial charge < -0.3 is 14.7 Å². The number of carbonyl (C=O) groups is 1. The summed E-state index contributed by atoms with van der Waals surface area (Å²) in [7, 11) is 0. The van der Waals surface area contributed by atoms with Crippen LogP contribution >= 0.6 is 23.1 Å². The second-order valence-corrected chi connectivity index (χ2v) is 8.09. The first-order valence-electron chi connectivity index (χ1n) is 8.94. The molecule has 28 heavy (non-hydrogen) atoms. The van der Waals surface area contributed by atoms with E-state index < -0.39 is 0 Å². The molecule has 0 aliphatic carbocycles. The summed E-state index contributed by atoms with van der Waals surface area (Å²) in [6.45, 7) is 0.631. The van der Waals surface area contributed by atoms with E-state index in [0.717, 1.165) is 23.3 Å². The summed E-state index contributed by atoms with van der Waals surface area (Å²) in [6.07, 6.45) is 2.13. The van der Waals surface area contributed by atoms with Gasteiger partial charge in [-0.1, -0.05) is 30.0 Å². The smallest absolute Gasteiger partial charge is 0.277 e. The molecule has 0 aliphatic heterocycles. The number of hydrogen-bond donors (Lipinski definition) is 2. The zero-order valence-electron chi connectivity index (χ0n) is 15.1. The van der Waals surface area contributed by atoms with Gasteiger partial charge in [-0.05, 0) is 30.0 Å². The van der Waals surface area contributed by atoms with E-state index in [1.54, 1.807) is 11.3 Å². The summed E-state index contributed by atoms with van der Waals surface area (Å²) in [5, 5.41) is 13.4. The lowest BCUT2D eigenvalue weighted by Crippen LogP contribution is -2.27. The first-order valence-corrected chi connectivity index (χ1v) is 10.8. The Morgan fingerprint density at radius 2 is 2.07 bits per heavy atom. The molecule has 0 radical (unpaired) electrons. The lowest BCUT2D eigenvalue weighted by atomic mass is 10.3. The van der Waals surface area contributed by atoms with Gasteiger partial charge in [-0.25, -0.2) is 4.98 Å². The maximum absolute atomic E-state index is 11.9. The molecule has 1 aromatic carbocycles. The summed E-state index contributed by atoms with van der Waals surface area (Å²) in [4.78, 5) is 21.0. The van der Waals surface area contributed by atoms with Gasteiger partial charge in [0.25, 0.3) is 5.22 Å². The Bertz CT molecular complexity index is 1010. The number of aromatic nitrogens is 4. The van der Waals surface area contributed by atoms with Gasteiger partial charge in [0, 0.05) is 24.3 Å². The number of imidazole rings is 1. The Hall–Kier alpha value is -2.65. The van der Waals surface area contributed by atoms with Gasteiger partial charge in [0.1, 0.15) is 5.82 Å². The van der Waals surface area contributed by atoms with Gasteiger partial charge in [-0.2, -0.15) is 0 Å². The van der Waals surface area contributed by atoms with Crippen LogP contribution in [0.1, 0.15) is 16.6 Å². The van der Waals surface area contributed by atoms with Crippen LogP contribution in [0.15, 0.2) is 51.4 Å². The van der Waals surface area contributed by atoms with Crippen LogP contribution in [-0.2, 0) is 24.1 Å². The summed E-state index contributed by atoms with van der Waals surface area (Å²) in [5.41, 5.74) is 1.97. The fourth-order valence-electron chi connectivity index (χ4n) is 2.71. The summed E-state index contributed by atoms with van der Waals surface area (Å²) in [5.74, 6) is 1.65. The van der Waals surface area contributed by atoms with Crippen LogP contribution < -0.4 is 5.32 Å². The van der Waals surface area contributed by atoms with Gasteiger partial charge in [0.15, 0.2) is 0 Å². The largest absolute Gasteiger partial charge is 0.416 e. The first kappa shape index (κ1) is 18.7. The molecule has 0 atom stereocenters. The van der Waals surface area contributed by atoms with Crippen LogP contribution in [0.3, 0.4) is 0 Å². The van der Waals surface area contributed by atoms with E-state index in [2.05, 4.69) is 31.5 Å². The molecule has 0 unspecified atom stereocenters. The molecule has 3 heterocycles. The minimum atomic E-state index is -0.0384. The SMILES string of the molecule is O=C(CSc1nnc(CCc2nc3ccccc3[nH]2)o1)NCCc1cccs1. The maximum Gasteiger partial charge on any atom is 0.277 e. The van der Waals surface area contributed by atoms with E-state index in [0.29, 0.717) is 30.5 Å². The van der Waals surface area contributed by atoms with Gasteiger partial charge >= 0.3 is 0 Å². The minimum absolute atomic E-state index is 0.0384. The van der Waals surface area contributed by atoms with Crippen molar-refractivity contribution < 1.29 is 9.21 Å². The Balaban J connectivity index is 1.20. The number of H-pyrrole nitrogens is 1. The van der Waals surface area contributed by atoms with Gasteiger partial charge in [-0.3, -0.25) is 4.79 Å². The molecule has 0 bridgehead atoms. The average molecular weight is 414 g/mol. The van der Waals surface area contributed by atoms with E-state index in [9.17, 15) is 4.79 Å². The molecule has 7 nitrogen and oxygen atoms in total. The second-order valence-electron chi connectivity index (χ2n) is 6.13. The highest BCUT2D eigenvalue weighted by Crippen LogP contribution is 2.17. The second kappa shape index (κ2) is 9.03. The molecule has 0 aliphatic rings. The van der Waals surface area contributed by atoms with E-state index >= 15 is 0 Å². The number of nitrogens with zero attached hydrogens (tertiary/aromatic N) is 3. The van der Waals surface area contributed by atoms with Gasteiger partial charge in [0.05, 0.1) is 16.8 Å². The highest BCUT2D eigenvalue weighted by molar-refractivity contribution is 7.99. The van der Waals surface area contributed by atoms with Crippen molar-refractivity contribution in [1.29, 1.82) is 0 Å². The molecule has 0 fully saturated rings. The summed E-state index contributed by atoms with van der Waals surface area (Å²) >= 11 is 2.94. The summed E-state index contributed by atoms with van der Waals surface area (Å²) in [6, 6.07) is 12.0. The number of rotatable bonds is 9. The predicted octanol–water partition coefficient (Wildman–Crippen LogP) is 3.24. The highest BCUT2D eigenvalue weighted by Gasteiger charge is 2.11. The van der Waals surface area contributed by atoms with Crippen LogP contribution in [0, 0.1) is 0 Å². The van der Waals surface area contributed by atoms with E-state index in [4.69, 9.17) is 4.42 Å². The lowest BCUT2D eigenvalue weighted by Gasteiger charge is -2.02. The van der Waals surface area contributed by atoms with Crippen LogP contribution in [-0.4, -0.2) is 38.4 Å². The molecule has 3 aromatic heterocycles. The Morgan fingerprint density at radius 1 is 1.14 bits per heavy atom. The maximum atomic E-state index is 11.9. The number of thiophene rings is 1. The minimum Gasteiger partial charge on any atom is -0.416 e. The molecule has 2 N–H and O–H groups in total. The lowest BCUT2D eigenvalue weighted by molar-refractivity contribution is -0.118. The van der Waals surface area contributed by atoms with E-state index in [1.165, 1.54) is 16.6 Å². The van der Waals surface area contributed by atoms with Crippen molar-refractivity contribution in [3.63, 3.8) is 0 Å². The zero-order valence-corrected chi connectivity index (χ0v) is 16.7. The van der Waals surface area contributed by atoms with Gasteiger partial charge in [0.2, 0.25) is 11.8 Å². The fourth-order valence-corrected chi connectivity index (χ4v) is 4.02. The number of hydrogen-bond acceptors (Lipinski definition) is 7. The molecule has 0 saturated heterocycles. The van der Waals surface area contributed by atoms with E-state index in [-0.39, 0.29) is 11.7 Å². The third-order valence-corrected chi connectivity index (χ3v) is 5.82. The van der Waals surface area contributed by atoms with Crippen molar-refractivity contribution in [2.24, 2.45) is 0 Å². The number of fused-ring (bicyclic) bond motifs is 1. The zero-order chi connectivity index (χ0) is 19.2. The number of nitrogens with one attached hydrogen (secondary N) is 2. The number of para-hydroxylation sites is 2. The van der Waals surface area contributed by atoms with Crippen molar-refractivity contribution in [3.05, 3.63) is 58.4 Å². The quantitative estimate of drug-likeness (QED) is 0.409. The molecule has 144 valence electrons. The molecule has 4 rings (SSSR count). The number of aromatic amines is 1. The first-order chi connectivity index (χ1) is 13.8. The monoisotopic (exact) mass is 413 g/mol. The number of aryl methyl sites for hydroxylation is 2. The third kappa shape index (κ3) is 4.99. The number of benzene rings is 1. The van der Waals surface area contributed by atoms with Crippen LogP contribution in [0.25, 0.3) is 11.0 Å². The highest BCUT2D eigenvalue weighted by atomic mass is 32.2. The van der Waals surface area contributed by atoms with Crippen molar-refractivity contribution in [2.45, 2.75) is 24.5 Å². The molecular weight excluding hydrogens is 394 g/mol. The number of thioether (sulfide) groups is 1. The number of amides is 1. The topological polar surface area (TPSA) is 96.7 Å². The van der Waals surface area contributed by atoms with Crippen LogP contribution in [0.2, 0.25) is 0 Å². The average Bonchev–Trinajstić information content (AvgIpc) is 3.44. The molecule has 0 saturated carbocycles. The normalized spacial score (nSPS) is 11.1. The van der Waals surface area contributed by atoms with Crippen LogP contribution in [0.4, 0.5) is 0 Å². The number of carbonyl (C=O) groups excluding carboxylic acids is 1. The van der Waals surface area contributed by atoms with Gasteiger partial charge in [-0.15, -0.1) is 21.5 Å². The van der Waals surface area contributed by atoms with Crippen molar-refractivity contribution in [1.82, 2.24) is 25.5 Å². The Morgan fingerprint density at radius 3 is 2.93 bits per heavy atom. The molecule has 4 aromatic rings. The fraction of sp³-hybridized carbons (Fsp3) is 0.263. The van der Waals surface area contributed by atoms with Crippen molar-refractivity contribution >= 4 is 40.0 Å². The summed E-state index contributed by atoms with van der Waals surface area (Å²) < 4.78 is 5.61. The van der Waals surface area contributed by atoms with Crippen LogP contribution in [0.5, 0.6) is 0 Å². The molecule has 0 spiro atoms. The standard InChI is InChI=1S/C19H19N5O2S2/c25-17(20-10-9-13-4-3-11-27-13)12-28-19-24-23-18(26-19)8-7-16-21-14-5-1-2-6-15(14)22-16/h1-6,11H,7-10,12H2,(H,20,25)(H,21,22). The predicted molar refractivity (Wildman–Crippen MR) is 110 cm³/mol. The van der Waals surface area contributed by atoms with Crippen molar-refractivity contribution in [3.8, 4) is 0 Å². The van der Waals surface area contributed by atoms with E-state index in [1.807, 2.05) is 35.7 Å². The third-order valence-electron chi connectivity index (χ3n) is 4.06.